The number of hydrogen-bond donors (Lipinski definition) is 3. The number of aliphatic carboxylic acids is 1. The summed E-state index contributed by atoms with van der Waals surface area (Å²) in [4.78, 5) is 14.4. The van der Waals surface area contributed by atoms with Gasteiger partial charge in [0.15, 0.2) is 0 Å². The number of aromatic nitrogens is 5. The van der Waals surface area contributed by atoms with Crippen LogP contribution in [-0.4, -0.2) is 51.0 Å². The first kappa shape index (κ1) is 15.1. The van der Waals surface area contributed by atoms with Crippen LogP contribution in [0.4, 0.5) is 0 Å². The zero-order valence-corrected chi connectivity index (χ0v) is 11.7. The summed E-state index contributed by atoms with van der Waals surface area (Å²) in [5.74, 6) is -0.412. The second-order valence-corrected chi connectivity index (χ2v) is 5.97. The van der Waals surface area contributed by atoms with Crippen molar-refractivity contribution in [2.75, 3.05) is 6.54 Å². The van der Waals surface area contributed by atoms with E-state index in [0.29, 0.717) is 18.7 Å². The van der Waals surface area contributed by atoms with Crippen molar-refractivity contribution in [2.45, 2.75) is 24.3 Å². The van der Waals surface area contributed by atoms with E-state index in [4.69, 9.17) is 5.11 Å². The molecule has 3 N–H and O–H groups in total. The van der Waals surface area contributed by atoms with Crippen molar-refractivity contribution in [1.29, 1.82) is 0 Å². The van der Waals surface area contributed by atoms with Gasteiger partial charge in [0.1, 0.15) is 23.6 Å². The Bertz CT molecular complexity index is 693. The Balaban J connectivity index is 1.86. The van der Waals surface area contributed by atoms with Crippen LogP contribution in [0.25, 0.3) is 0 Å². The number of rotatable bonds is 8. The number of aryl methyl sites for hydroxylation is 1. The van der Waals surface area contributed by atoms with E-state index >= 15 is 0 Å². The molecule has 0 unspecified atom stereocenters. The number of nitrogens with one attached hydrogen (secondary N) is 2. The third kappa shape index (κ3) is 4.36. The Hall–Kier alpha value is -2.27. The second-order valence-electron chi connectivity index (χ2n) is 4.20. The number of carboxylic acids is 1. The molecule has 0 aliphatic carbocycles. The third-order valence-corrected chi connectivity index (χ3v) is 3.98. The molecule has 10 nitrogen and oxygen atoms in total. The highest BCUT2D eigenvalue weighted by Crippen LogP contribution is 2.07. The molecule has 0 aromatic carbocycles. The first-order valence-corrected chi connectivity index (χ1v) is 7.54. The van der Waals surface area contributed by atoms with Gasteiger partial charge in [-0.15, -0.1) is 0 Å². The molecule has 114 valence electrons. The molecule has 21 heavy (non-hydrogen) atoms. The SMILES string of the molecule is O=C(O)Cn1cc(S(=O)(=O)NCCCc2ncn[nH]2)cn1. The minimum absolute atomic E-state index is 0.0663. The average Bonchev–Trinajstić information content (AvgIpc) is 3.05. The molecule has 0 atom stereocenters. The molecule has 0 amide bonds. The van der Waals surface area contributed by atoms with Gasteiger partial charge in [-0.2, -0.15) is 10.2 Å². The number of nitrogens with zero attached hydrogens (tertiary/aromatic N) is 4. The zero-order valence-electron chi connectivity index (χ0n) is 10.9. The Morgan fingerprint density at radius 2 is 2.29 bits per heavy atom. The average molecular weight is 314 g/mol. The van der Waals surface area contributed by atoms with Gasteiger partial charge in [0, 0.05) is 19.2 Å². The van der Waals surface area contributed by atoms with Gasteiger partial charge in [0.05, 0.1) is 6.20 Å². The van der Waals surface area contributed by atoms with Crippen LogP contribution in [0.1, 0.15) is 12.2 Å². The molecule has 0 spiro atoms. The van der Waals surface area contributed by atoms with E-state index in [9.17, 15) is 13.2 Å². The Morgan fingerprint density at radius 3 is 2.95 bits per heavy atom. The van der Waals surface area contributed by atoms with Gasteiger partial charge in [-0.25, -0.2) is 18.1 Å². The fourth-order valence-corrected chi connectivity index (χ4v) is 2.63. The normalized spacial score (nSPS) is 11.6. The Kier molecular flexibility index (Phi) is 4.65. The quantitative estimate of drug-likeness (QED) is 0.530. The van der Waals surface area contributed by atoms with E-state index < -0.39 is 16.0 Å². The fourth-order valence-electron chi connectivity index (χ4n) is 1.61. The molecule has 2 heterocycles. The van der Waals surface area contributed by atoms with Gasteiger partial charge in [0.2, 0.25) is 10.0 Å². The minimum atomic E-state index is -3.69. The van der Waals surface area contributed by atoms with Crippen LogP contribution in [0.15, 0.2) is 23.6 Å². The smallest absolute Gasteiger partial charge is 0.325 e. The standard InChI is InChI=1S/C10H14N6O4S/c17-10(18)6-16-5-8(4-13-16)21(19,20)14-3-1-2-9-11-7-12-15-9/h4-5,7,14H,1-3,6H2,(H,17,18)(H,11,12,15). The monoisotopic (exact) mass is 314 g/mol. The maximum atomic E-state index is 11.9. The number of sulfonamides is 1. The highest BCUT2D eigenvalue weighted by Gasteiger charge is 2.16. The lowest BCUT2D eigenvalue weighted by Crippen LogP contribution is -2.25. The van der Waals surface area contributed by atoms with Crippen LogP contribution < -0.4 is 4.72 Å². The maximum Gasteiger partial charge on any atom is 0.325 e. The zero-order chi connectivity index (χ0) is 15.3. The molecule has 11 heteroatoms. The summed E-state index contributed by atoms with van der Waals surface area (Å²) >= 11 is 0. The number of carboxylic acid groups (broad SMARTS) is 1. The highest BCUT2D eigenvalue weighted by atomic mass is 32.2. The molecule has 2 aromatic heterocycles. The predicted octanol–water partition coefficient (Wildman–Crippen LogP) is -1.00. The van der Waals surface area contributed by atoms with Gasteiger partial charge >= 0.3 is 5.97 Å². The van der Waals surface area contributed by atoms with Gasteiger partial charge in [-0.1, -0.05) is 0 Å². The van der Waals surface area contributed by atoms with E-state index in [-0.39, 0.29) is 18.0 Å². The largest absolute Gasteiger partial charge is 0.480 e. The third-order valence-electron chi connectivity index (χ3n) is 2.56. The van der Waals surface area contributed by atoms with Crippen LogP contribution in [0.3, 0.4) is 0 Å². The van der Waals surface area contributed by atoms with Crippen molar-refractivity contribution >= 4 is 16.0 Å². The molecule has 2 rings (SSSR count). The van der Waals surface area contributed by atoms with Crippen molar-refractivity contribution < 1.29 is 18.3 Å². The lowest BCUT2D eigenvalue weighted by Gasteiger charge is -2.03. The Labute approximate surface area is 120 Å². The van der Waals surface area contributed by atoms with Gasteiger partial charge < -0.3 is 5.11 Å². The summed E-state index contributed by atoms with van der Waals surface area (Å²) in [5.41, 5.74) is 0. The first-order chi connectivity index (χ1) is 9.97. The fraction of sp³-hybridized carbons (Fsp3) is 0.400. The molecular weight excluding hydrogens is 300 g/mol. The summed E-state index contributed by atoms with van der Waals surface area (Å²) in [6, 6.07) is 0. The van der Waals surface area contributed by atoms with Crippen molar-refractivity contribution in [3.63, 3.8) is 0 Å². The maximum absolute atomic E-state index is 11.9. The number of aromatic amines is 1. The minimum Gasteiger partial charge on any atom is -0.480 e. The van der Waals surface area contributed by atoms with E-state index in [1.165, 1.54) is 12.5 Å². The molecule has 2 aromatic rings. The van der Waals surface area contributed by atoms with Crippen molar-refractivity contribution in [3.05, 3.63) is 24.5 Å². The molecule has 0 fully saturated rings. The highest BCUT2D eigenvalue weighted by molar-refractivity contribution is 7.89. The van der Waals surface area contributed by atoms with E-state index in [1.54, 1.807) is 0 Å². The predicted molar refractivity (Wildman–Crippen MR) is 69.8 cm³/mol. The second kappa shape index (κ2) is 6.45. The molecule has 0 aliphatic heterocycles. The molecule has 0 radical (unpaired) electrons. The number of carbonyl (C=O) groups is 1. The Morgan fingerprint density at radius 1 is 1.48 bits per heavy atom. The molecule has 0 saturated heterocycles. The molecule has 0 aliphatic rings. The topological polar surface area (TPSA) is 143 Å². The van der Waals surface area contributed by atoms with Crippen molar-refractivity contribution in [1.82, 2.24) is 29.7 Å². The van der Waals surface area contributed by atoms with Crippen LogP contribution in [-0.2, 0) is 27.8 Å². The summed E-state index contributed by atoms with van der Waals surface area (Å²) in [6.07, 6.45) is 4.80. The molecule has 0 bridgehead atoms. The first-order valence-electron chi connectivity index (χ1n) is 6.05. The number of H-pyrrole nitrogens is 1. The lowest BCUT2D eigenvalue weighted by atomic mass is 10.3. The van der Waals surface area contributed by atoms with E-state index in [2.05, 4.69) is 25.0 Å². The van der Waals surface area contributed by atoms with Crippen LogP contribution >= 0.6 is 0 Å². The van der Waals surface area contributed by atoms with Crippen molar-refractivity contribution in [2.24, 2.45) is 0 Å². The summed E-state index contributed by atoms with van der Waals surface area (Å²) in [7, 11) is -3.69. The lowest BCUT2D eigenvalue weighted by molar-refractivity contribution is -0.137. The number of hydrogen-bond acceptors (Lipinski definition) is 6. The summed E-state index contributed by atoms with van der Waals surface area (Å²) < 4.78 is 27.4. The van der Waals surface area contributed by atoms with Crippen LogP contribution in [0, 0.1) is 0 Å². The van der Waals surface area contributed by atoms with Gasteiger partial charge in [0.25, 0.3) is 0 Å². The van der Waals surface area contributed by atoms with E-state index in [1.807, 2.05) is 0 Å². The molecule has 0 saturated carbocycles. The molecular formula is C10H14N6O4S. The summed E-state index contributed by atoms with van der Waals surface area (Å²) in [5, 5.41) is 18.7. The van der Waals surface area contributed by atoms with E-state index in [0.717, 1.165) is 10.9 Å². The van der Waals surface area contributed by atoms with Gasteiger partial charge in [-0.05, 0) is 6.42 Å². The van der Waals surface area contributed by atoms with Crippen LogP contribution in [0.5, 0.6) is 0 Å². The summed E-state index contributed by atoms with van der Waals surface area (Å²) in [6.45, 7) is -0.159. The van der Waals surface area contributed by atoms with Gasteiger partial charge in [-0.3, -0.25) is 14.6 Å². The van der Waals surface area contributed by atoms with Crippen molar-refractivity contribution in [3.8, 4) is 0 Å². The van der Waals surface area contributed by atoms with Crippen LogP contribution in [0.2, 0.25) is 0 Å².